The maximum absolute atomic E-state index is 12.6. The summed E-state index contributed by atoms with van der Waals surface area (Å²) >= 11 is 4.77. The first-order valence-corrected chi connectivity index (χ1v) is 11.6. The summed E-state index contributed by atoms with van der Waals surface area (Å²) in [4.78, 5) is 25.0. The topological polar surface area (TPSA) is 72.0 Å². The summed E-state index contributed by atoms with van der Waals surface area (Å²) in [5.74, 6) is 0.352. The molecule has 1 saturated carbocycles. The van der Waals surface area contributed by atoms with Gasteiger partial charge in [-0.15, -0.1) is 5.10 Å². The predicted octanol–water partition coefficient (Wildman–Crippen LogP) is 5.13. The highest BCUT2D eigenvalue weighted by Gasteiger charge is 2.31. The van der Waals surface area contributed by atoms with Gasteiger partial charge >= 0.3 is 0 Å². The van der Waals surface area contributed by atoms with E-state index in [1.54, 1.807) is 0 Å². The fourth-order valence-electron chi connectivity index (χ4n) is 3.44. The van der Waals surface area contributed by atoms with Crippen molar-refractivity contribution in [3.05, 3.63) is 69.5 Å². The number of halogens is 1. The lowest BCUT2D eigenvalue weighted by Gasteiger charge is -2.17. The summed E-state index contributed by atoms with van der Waals surface area (Å²) in [6, 6.07) is 15.8. The number of ketones is 1. The van der Waals surface area contributed by atoms with Gasteiger partial charge in [0.05, 0.1) is 0 Å². The molecule has 0 saturated heterocycles. The second-order valence-electron chi connectivity index (χ2n) is 7.66. The zero-order chi connectivity index (χ0) is 20.9. The van der Waals surface area contributed by atoms with Gasteiger partial charge < -0.3 is 5.32 Å². The normalized spacial score (nSPS) is 14.3. The van der Waals surface area contributed by atoms with Crippen molar-refractivity contribution < 1.29 is 9.59 Å². The monoisotopic (exact) mass is 483 g/mol. The van der Waals surface area contributed by atoms with Gasteiger partial charge in [-0.3, -0.25) is 9.59 Å². The largest absolute Gasteiger partial charge is 0.352 e. The first kappa shape index (κ1) is 20.9. The number of amides is 1. The first-order valence-electron chi connectivity index (χ1n) is 10.00. The van der Waals surface area contributed by atoms with Gasteiger partial charge in [0.25, 0.3) is 0 Å². The van der Waals surface area contributed by atoms with Crippen LogP contribution in [0, 0.1) is 5.92 Å². The van der Waals surface area contributed by atoms with Crippen LogP contribution in [0.4, 0.5) is 0 Å². The minimum atomic E-state index is -0.0919. The molecular formula is C23H22BrN3O2S. The Kier molecular flexibility index (Phi) is 6.69. The first-order chi connectivity index (χ1) is 14.6. The zero-order valence-corrected chi connectivity index (χ0v) is 18.8. The summed E-state index contributed by atoms with van der Waals surface area (Å²) in [6.45, 7) is 0.456. The highest BCUT2D eigenvalue weighted by Crippen LogP contribution is 2.35. The van der Waals surface area contributed by atoms with Crippen LogP contribution < -0.4 is 5.32 Å². The average Bonchev–Trinajstić information content (AvgIpc) is 3.47. The quantitative estimate of drug-likeness (QED) is 0.457. The summed E-state index contributed by atoms with van der Waals surface area (Å²) in [5, 5.41) is 8.97. The molecule has 5 nitrogen and oxygen atoms in total. The Labute approximate surface area is 188 Å². The van der Waals surface area contributed by atoms with Gasteiger partial charge in [0.15, 0.2) is 0 Å². The Morgan fingerprint density at radius 2 is 1.80 bits per heavy atom. The van der Waals surface area contributed by atoms with Crippen LogP contribution in [-0.4, -0.2) is 21.3 Å². The Morgan fingerprint density at radius 1 is 1.07 bits per heavy atom. The molecule has 1 unspecified atom stereocenters. The molecule has 0 spiro atoms. The fourth-order valence-corrected chi connectivity index (χ4v) is 4.17. The molecule has 4 rings (SSSR count). The second kappa shape index (κ2) is 9.62. The fraction of sp³-hybridized carbons (Fsp3) is 0.304. The number of nitrogens with zero attached hydrogens (tertiary/aromatic N) is 2. The predicted molar refractivity (Wildman–Crippen MR) is 121 cm³/mol. The van der Waals surface area contributed by atoms with E-state index < -0.39 is 0 Å². The van der Waals surface area contributed by atoms with Crippen molar-refractivity contribution in [1.82, 2.24) is 14.9 Å². The minimum Gasteiger partial charge on any atom is -0.352 e. The molecule has 3 aromatic rings. The van der Waals surface area contributed by atoms with Crippen LogP contribution in [-0.2, 0) is 16.1 Å². The van der Waals surface area contributed by atoms with Crippen LogP contribution in [0.5, 0.6) is 0 Å². The van der Waals surface area contributed by atoms with E-state index >= 15 is 0 Å². The van der Waals surface area contributed by atoms with Crippen LogP contribution >= 0.6 is 27.5 Å². The standard InChI is InChI=1S/C23H22BrN3O2S/c24-20-9-7-16(8-10-20)19(11-22(28)18-5-6-18)12-23(29)25-13-15-1-3-17(4-2-15)21-14-30-27-26-21/h1-4,7-10,14,18-19H,5-6,11-13H2,(H,25,29). The van der Waals surface area contributed by atoms with Crippen LogP contribution in [0.15, 0.2) is 58.4 Å². The molecule has 1 aliphatic rings. The Hall–Kier alpha value is -2.38. The van der Waals surface area contributed by atoms with E-state index in [-0.39, 0.29) is 23.5 Å². The van der Waals surface area contributed by atoms with Gasteiger partial charge in [-0.2, -0.15) is 0 Å². The number of nitrogens with one attached hydrogen (secondary N) is 1. The molecule has 1 aliphatic carbocycles. The molecule has 0 aliphatic heterocycles. The van der Waals surface area contributed by atoms with Gasteiger partial charge in [0, 0.05) is 40.7 Å². The molecule has 154 valence electrons. The van der Waals surface area contributed by atoms with Crippen LogP contribution in [0.25, 0.3) is 11.3 Å². The number of aromatic nitrogens is 2. The van der Waals surface area contributed by atoms with E-state index in [0.29, 0.717) is 19.4 Å². The SMILES string of the molecule is O=C(CC(CC(=O)C1CC1)c1ccc(Br)cc1)NCc1ccc(-c2csnn2)cc1. The maximum Gasteiger partial charge on any atom is 0.220 e. The molecule has 0 radical (unpaired) electrons. The van der Waals surface area contributed by atoms with Crippen molar-refractivity contribution in [3.63, 3.8) is 0 Å². The molecule has 1 aromatic heterocycles. The summed E-state index contributed by atoms with van der Waals surface area (Å²) in [7, 11) is 0. The van der Waals surface area contributed by atoms with Gasteiger partial charge in [0.2, 0.25) is 5.91 Å². The molecular weight excluding hydrogens is 462 g/mol. The van der Waals surface area contributed by atoms with E-state index in [9.17, 15) is 9.59 Å². The maximum atomic E-state index is 12.6. The van der Waals surface area contributed by atoms with E-state index in [4.69, 9.17) is 0 Å². The Bertz CT molecular complexity index is 1000. The molecule has 2 aromatic carbocycles. The molecule has 1 heterocycles. The number of benzene rings is 2. The van der Waals surface area contributed by atoms with Crippen LogP contribution in [0.2, 0.25) is 0 Å². The van der Waals surface area contributed by atoms with Crippen LogP contribution in [0.1, 0.15) is 42.7 Å². The lowest BCUT2D eigenvalue weighted by Crippen LogP contribution is -2.25. The van der Waals surface area contributed by atoms with Crippen LogP contribution in [0.3, 0.4) is 0 Å². The number of Topliss-reactive ketones (excluding diaryl/α,β-unsaturated/α-hetero) is 1. The van der Waals surface area contributed by atoms with Crippen molar-refractivity contribution in [3.8, 4) is 11.3 Å². The molecule has 0 bridgehead atoms. The van der Waals surface area contributed by atoms with E-state index in [1.165, 1.54) is 11.5 Å². The molecule has 7 heteroatoms. The third kappa shape index (κ3) is 5.61. The van der Waals surface area contributed by atoms with Gasteiger partial charge in [-0.05, 0) is 53.6 Å². The highest BCUT2D eigenvalue weighted by molar-refractivity contribution is 9.10. The highest BCUT2D eigenvalue weighted by atomic mass is 79.9. The summed E-state index contributed by atoms with van der Waals surface area (Å²) < 4.78 is 4.87. The third-order valence-corrected chi connectivity index (χ3v) is 6.39. The lowest BCUT2D eigenvalue weighted by molar-refractivity contribution is -0.122. The van der Waals surface area contributed by atoms with Gasteiger partial charge in [-0.1, -0.05) is 56.8 Å². The van der Waals surface area contributed by atoms with Crippen molar-refractivity contribution in [1.29, 1.82) is 0 Å². The second-order valence-corrected chi connectivity index (χ2v) is 9.19. The lowest BCUT2D eigenvalue weighted by atomic mass is 9.89. The van der Waals surface area contributed by atoms with Gasteiger partial charge in [0.1, 0.15) is 11.5 Å². The van der Waals surface area contributed by atoms with Gasteiger partial charge in [-0.25, -0.2) is 0 Å². The molecule has 1 fully saturated rings. The van der Waals surface area contributed by atoms with E-state index in [2.05, 4.69) is 30.8 Å². The minimum absolute atomic E-state index is 0.0423. The number of hydrogen-bond acceptors (Lipinski definition) is 5. The molecule has 1 atom stereocenters. The number of rotatable bonds is 9. The average molecular weight is 484 g/mol. The smallest absolute Gasteiger partial charge is 0.220 e. The zero-order valence-electron chi connectivity index (χ0n) is 16.4. The number of carbonyl (C=O) groups is 2. The molecule has 30 heavy (non-hydrogen) atoms. The molecule has 1 N–H and O–H groups in total. The van der Waals surface area contributed by atoms with E-state index in [1.807, 2.05) is 53.9 Å². The number of carbonyl (C=O) groups excluding carboxylic acids is 2. The van der Waals surface area contributed by atoms with Crippen molar-refractivity contribution in [2.75, 3.05) is 0 Å². The Morgan fingerprint density at radius 3 is 2.43 bits per heavy atom. The number of hydrogen-bond donors (Lipinski definition) is 1. The van der Waals surface area contributed by atoms with Crippen molar-refractivity contribution >= 4 is 39.2 Å². The Balaban J connectivity index is 1.35. The summed E-state index contributed by atoms with van der Waals surface area (Å²) in [6.07, 6.45) is 2.72. The summed E-state index contributed by atoms with van der Waals surface area (Å²) in [5.41, 5.74) is 3.91. The third-order valence-electron chi connectivity index (χ3n) is 5.35. The van der Waals surface area contributed by atoms with Crippen molar-refractivity contribution in [2.45, 2.75) is 38.1 Å². The van der Waals surface area contributed by atoms with E-state index in [0.717, 1.165) is 39.7 Å². The van der Waals surface area contributed by atoms with Crippen molar-refractivity contribution in [2.24, 2.45) is 5.92 Å². The molecule has 1 amide bonds.